The Labute approximate surface area is 133 Å². The molecule has 0 bridgehead atoms. The number of hydrogen-bond donors (Lipinski definition) is 2. The minimum atomic E-state index is -4.41. The van der Waals surface area contributed by atoms with Crippen LogP contribution in [0, 0.1) is 0 Å². The summed E-state index contributed by atoms with van der Waals surface area (Å²) in [6.07, 6.45) is -3.92. The molecule has 2 N–H and O–H groups in total. The number of alkyl halides is 3. The lowest BCUT2D eigenvalue weighted by Crippen LogP contribution is -2.37. The summed E-state index contributed by atoms with van der Waals surface area (Å²) in [5, 5.41) is 12.6. The van der Waals surface area contributed by atoms with Crippen LogP contribution in [0.25, 0.3) is 0 Å². The number of rotatable bonds is 5. The third-order valence-electron chi connectivity index (χ3n) is 3.90. The fourth-order valence-corrected chi connectivity index (χ4v) is 2.83. The van der Waals surface area contributed by atoms with E-state index >= 15 is 0 Å². The Morgan fingerprint density at radius 1 is 1.43 bits per heavy atom. The second-order valence-corrected chi connectivity index (χ2v) is 5.81. The van der Waals surface area contributed by atoms with Gasteiger partial charge in [0.15, 0.2) is 0 Å². The van der Waals surface area contributed by atoms with Crippen LogP contribution in [0.4, 0.5) is 13.2 Å². The zero-order chi connectivity index (χ0) is 17.0. The number of halogens is 3. The molecule has 1 amide bonds. The van der Waals surface area contributed by atoms with Crippen molar-refractivity contribution in [2.24, 2.45) is 0 Å². The SMILES string of the molecule is CCCNC(=O)CN1C[C@H](O)C[C@H]1c1cccc(C(F)(F)F)c1. The van der Waals surface area contributed by atoms with Crippen molar-refractivity contribution < 1.29 is 23.1 Å². The molecule has 0 saturated carbocycles. The van der Waals surface area contributed by atoms with E-state index in [9.17, 15) is 23.1 Å². The van der Waals surface area contributed by atoms with Gasteiger partial charge in [-0.1, -0.05) is 19.1 Å². The van der Waals surface area contributed by atoms with Crippen molar-refractivity contribution in [2.45, 2.75) is 38.1 Å². The number of benzene rings is 1. The average molecular weight is 330 g/mol. The standard InChI is InChI=1S/C16H21F3N2O2/c1-2-6-20-15(23)10-21-9-13(22)8-14(21)11-4-3-5-12(7-11)16(17,18)19/h3-5,7,13-14,22H,2,6,8-10H2,1H3,(H,20,23)/t13-,14+/m1/s1. The quantitative estimate of drug-likeness (QED) is 0.871. The summed E-state index contributed by atoms with van der Waals surface area (Å²) in [7, 11) is 0. The average Bonchev–Trinajstić information content (AvgIpc) is 2.85. The van der Waals surface area contributed by atoms with Crippen LogP contribution in [-0.2, 0) is 11.0 Å². The normalized spacial score (nSPS) is 22.3. The molecule has 1 aromatic carbocycles. The lowest BCUT2D eigenvalue weighted by molar-refractivity contribution is -0.137. The van der Waals surface area contributed by atoms with Crippen LogP contribution in [0.15, 0.2) is 24.3 Å². The van der Waals surface area contributed by atoms with E-state index in [4.69, 9.17) is 0 Å². The van der Waals surface area contributed by atoms with Crippen LogP contribution in [0.2, 0.25) is 0 Å². The Morgan fingerprint density at radius 3 is 2.83 bits per heavy atom. The molecule has 7 heteroatoms. The molecule has 0 unspecified atom stereocenters. The summed E-state index contributed by atoms with van der Waals surface area (Å²) in [5.41, 5.74) is -0.244. The molecule has 23 heavy (non-hydrogen) atoms. The van der Waals surface area contributed by atoms with Gasteiger partial charge in [-0.15, -0.1) is 0 Å². The van der Waals surface area contributed by atoms with E-state index in [1.807, 2.05) is 6.92 Å². The maximum absolute atomic E-state index is 12.9. The van der Waals surface area contributed by atoms with E-state index in [2.05, 4.69) is 5.32 Å². The third kappa shape index (κ3) is 4.68. The Hall–Kier alpha value is -1.60. The van der Waals surface area contributed by atoms with Crippen molar-refractivity contribution in [1.82, 2.24) is 10.2 Å². The number of carbonyl (C=O) groups excluding carboxylic acids is 1. The van der Waals surface area contributed by atoms with Gasteiger partial charge in [-0.2, -0.15) is 13.2 Å². The number of amides is 1. The van der Waals surface area contributed by atoms with Gasteiger partial charge < -0.3 is 10.4 Å². The Kier molecular flexibility index (Phi) is 5.64. The van der Waals surface area contributed by atoms with Crippen LogP contribution in [-0.4, -0.2) is 41.7 Å². The maximum atomic E-state index is 12.9. The number of likely N-dealkylation sites (tertiary alicyclic amines) is 1. The Balaban J connectivity index is 2.14. The molecule has 0 radical (unpaired) electrons. The van der Waals surface area contributed by atoms with Crippen LogP contribution in [0.1, 0.15) is 36.9 Å². The molecule has 128 valence electrons. The van der Waals surface area contributed by atoms with Gasteiger partial charge in [0.05, 0.1) is 18.2 Å². The van der Waals surface area contributed by atoms with Gasteiger partial charge >= 0.3 is 6.18 Å². The van der Waals surface area contributed by atoms with Crippen molar-refractivity contribution in [3.05, 3.63) is 35.4 Å². The van der Waals surface area contributed by atoms with Crippen LogP contribution >= 0.6 is 0 Å². The molecule has 1 aliphatic rings. The van der Waals surface area contributed by atoms with E-state index in [1.54, 1.807) is 11.0 Å². The monoisotopic (exact) mass is 330 g/mol. The molecular formula is C16H21F3N2O2. The van der Waals surface area contributed by atoms with Crippen molar-refractivity contribution in [3.8, 4) is 0 Å². The van der Waals surface area contributed by atoms with Gasteiger partial charge in [-0.3, -0.25) is 9.69 Å². The number of aliphatic hydroxyl groups excluding tert-OH is 1. The molecule has 1 heterocycles. The second-order valence-electron chi connectivity index (χ2n) is 5.81. The Morgan fingerprint density at radius 2 is 2.17 bits per heavy atom. The van der Waals surface area contributed by atoms with Gasteiger partial charge in [0.1, 0.15) is 0 Å². The first-order chi connectivity index (χ1) is 10.8. The second kappa shape index (κ2) is 7.31. The minimum Gasteiger partial charge on any atom is -0.392 e. The molecule has 1 saturated heterocycles. The summed E-state index contributed by atoms with van der Waals surface area (Å²) in [6, 6.07) is 4.69. The van der Waals surface area contributed by atoms with Crippen molar-refractivity contribution >= 4 is 5.91 Å². The van der Waals surface area contributed by atoms with Gasteiger partial charge in [0.25, 0.3) is 0 Å². The highest BCUT2D eigenvalue weighted by Crippen LogP contribution is 2.35. The molecule has 4 nitrogen and oxygen atoms in total. The first kappa shape index (κ1) is 17.7. The molecule has 2 atom stereocenters. The summed E-state index contributed by atoms with van der Waals surface area (Å²) in [6.45, 7) is 2.84. The molecular weight excluding hydrogens is 309 g/mol. The fraction of sp³-hybridized carbons (Fsp3) is 0.562. The molecule has 1 fully saturated rings. The predicted octanol–water partition coefficient (Wildman–Crippen LogP) is 2.34. The highest BCUT2D eigenvalue weighted by Gasteiger charge is 2.35. The smallest absolute Gasteiger partial charge is 0.392 e. The summed E-state index contributed by atoms with van der Waals surface area (Å²) in [5.74, 6) is -0.182. The van der Waals surface area contributed by atoms with Gasteiger partial charge in [-0.05, 0) is 30.5 Å². The summed E-state index contributed by atoms with van der Waals surface area (Å²) >= 11 is 0. The summed E-state index contributed by atoms with van der Waals surface area (Å²) < 4.78 is 38.6. The van der Waals surface area contributed by atoms with Crippen LogP contribution in [0.3, 0.4) is 0 Å². The van der Waals surface area contributed by atoms with Gasteiger partial charge in [0.2, 0.25) is 5.91 Å². The number of nitrogens with one attached hydrogen (secondary N) is 1. The largest absolute Gasteiger partial charge is 0.416 e. The predicted molar refractivity (Wildman–Crippen MR) is 79.7 cm³/mol. The zero-order valence-corrected chi connectivity index (χ0v) is 12.9. The molecule has 0 aromatic heterocycles. The number of β-amino-alcohol motifs (C(OH)–C–C–N with tert-alkyl or cyclic N) is 1. The minimum absolute atomic E-state index is 0.0674. The van der Waals surface area contributed by atoms with E-state index in [1.165, 1.54) is 6.07 Å². The molecule has 2 rings (SSSR count). The number of aliphatic hydroxyl groups is 1. The topological polar surface area (TPSA) is 52.6 Å². The number of nitrogens with zero attached hydrogens (tertiary/aromatic N) is 1. The molecule has 0 aliphatic carbocycles. The fourth-order valence-electron chi connectivity index (χ4n) is 2.83. The van der Waals surface area contributed by atoms with Crippen LogP contribution < -0.4 is 5.32 Å². The van der Waals surface area contributed by atoms with Gasteiger partial charge in [0, 0.05) is 19.1 Å². The van der Waals surface area contributed by atoms with Crippen molar-refractivity contribution in [2.75, 3.05) is 19.6 Å². The van der Waals surface area contributed by atoms with E-state index in [0.29, 0.717) is 18.5 Å². The third-order valence-corrected chi connectivity index (χ3v) is 3.90. The molecule has 1 aromatic rings. The number of hydrogen-bond acceptors (Lipinski definition) is 3. The Bertz CT molecular complexity index is 548. The van der Waals surface area contributed by atoms with Crippen LogP contribution in [0.5, 0.6) is 0 Å². The molecule has 1 aliphatic heterocycles. The first-order valence-corrected chi connectivity index (χ1v) is 7.67. The van der Waals surface area contributed by atoms with E-state index in [0.717, 1.165) is 18.6 Å². The number of carbonyl (C=O) groups is 1. The maximum Gasteiger partial charge on any atom is 0.416 e. The first-order valence-electron chi connectivity index (χ1n) is 7.67. The lowest BCUT2D eigenvalue weighted by atomic mass is 10.0. The molecule has 0 spiro atoms. The zero-order valence-electron chi connectivity index (χ0n) is 12.9. The summed E-state index contributed by atoms with van der Waals surface area (Å²) in [4.78, 5) is 13.6. The van der Waals surface area contributed by atoms with E-state index in [-0.39, 0.29) is 25.0 Å². The highest BCUT2D eigenvalue weighted by molar-refractivity contribution is 5.78. The van der Waals surface area contributed by atoms with Crippen molar-refractivity contribution in [3.63, 3.8) is 0 Å². The van der Waals surface area contributed by atoms with Gasteiger partial charge in [-0.25, -0.2) is 0 Å². The highest BCUT2D eigenvalue weighted by atomic mass is 19.4. The van der Waals surface area contributed by atoms with E-state index < -0.39 is 17.8 Å². The van der Waals surface area contributed by atoms with Crippen molar-refractivity contribution in [1.29, 1.82) is 0 Å². The lowest BCUT2D eigenvalue weighted by Gasteiger charge is -2.24.